The van der Waals surface area contributed by atoms with Gasteiger partial charge < -0.3 is 14.7 Å². The third-order valence-electron chi connectivity index (χ3n) is 4.70. The van der Waals surface area contributed by atoms with E-state index in [9.17, 15) is 14.7 Å². The minimum atomic E-state index is -0.986. The molecule has 0 saturated carbocycles. The number of aliphatic carboxylic acids is 1. The maximum Gasteiger partial charge on any atom is 0.313 e. The molecule has 1 amide bonds. The number of carboxylic acid groups (broad SMARTS) is 1. The SMILES string of the molecule is CCCc1sc(C(=O)N2CCCC(COC)(C(=O)O)C2)cc1CC. The van der Waals surface area contributed by atoms with Crippen molar-refractivity contribution < 1.29 is 19.4 Å². The fourth-order valence-corrected chi connectivity index (χ4v) is 4.72. The molecule has 0 aromatic carbocycles. The molecule has 5 nitrogen and oxygen atoms in total. The summed E-state index contributed by atoms with van der Waals surface area (Å²) in [4.78, 5) is 28.3. The van der Waals surface area contributed by atoms with Gasteiger partial charge in [0.25, 0.3) is 5.91 Å². The van der Waals surface area contributed by atoms with Gasteiger partial charge in [0.05, 0.1) is 11.5 Å². The Hall–Kier alpha value is -1.40. The predicted molar refractivity (Wildman–Crippen MR) is 94.8 cm³/mol. The van der Waals surface area contributed by atoms with Gasteiger partial charge in [0.1, 0.15) is 5.41 Å². The molecule has 2 rings (SSSR count). The summed E-state index contributed by atoms with van der Waals surface area (Å²) in [5.41, 5.74) is 0.253. The predicted octanol–water partition coefficient (Wildman–Crippen LogP) is 3.22. The minimum Gasteiger partial charge on any atom is -0.481 e. The van der Waals surface area contributed by atoms with Crippen molar-refractivity contribution in [3.63, 3.8) is 0 Å². The van der Waals surface area contributed by atoms with Crippen LogP contribution in [0.3, 0.4) is 0 Å². The van der Waals surface area contributed by atoms with Gasteiger partial charge in [-0.2, -0.15) is 0 Å². The van der Waals surface area contributed by atoms with Gasteiger partial charge in [-0.1, -0.05) is 20.3 Å². The van der Waals surface area contributed by atoms with E-state index in [-0.39, 0.29) is 19.1 Å². The Morgan fingerprint density at radius 3 is 2.75 bits per heavy atom. The molecule has 1 aliphatic heterocycles. The van der Waals surface area contributed by atoms with Crippen LogP contribution in [-0.4, -0.2) is 48.7 Å². The van der Waals surface area contributed by atoms with E-state index >= 15 is 0 Å². The van der Waals surface area contributed by atoms with Crippen LogP contribution in [0, 0.1) is 5.41 Å². The number of rotatable bonds is 7. The molecule has 1 aromatic heterocycles. The first kappa shape index (κ1) is 18.9. The van der Waals surface area contributed by atoms with Crippen LogP contribution in [0.25, 0.3) is 0 Å². The summed E-state index contributed by atoms with van der Waals surface area (Å²) in [6.07, 6.45) is 4.20. The Morgan fingerprint density at radius 2 is 2.17 bits per heavy atom. The smallest absolute Gasteiger partial charge is 0.313 e. The number of methoxy groups -OCH3 is 1. The number of carbonyl (C=O) groups is 2. The number of ether oxygens (including phenoxy) is 1. The molecule has 0 aliphatic carbocycles. The van der Waals surface area contributed by atoms with Gasteiger partial charge in [0.15, 0.2) is 0 Å². The molecule has 1 saturated heterocycles. The van der Waals surface area contributed by atoms with Gasteiger partial charge in [-0.25, -0.2) is 0 Å². The van der Waals surface area contributed by atoms with E-state index in [2.05, 4.69) is 13.8 Å². The summed E-state index contributed by atoms with van der Waals surface area (Å²) < 4.78 is 5.14. The van der Waals surface area contributed by atoms with E-state index in [0.717, 1.165) is 24.1 Å². The maximum absolute atomic E-state index is 12.9. The van der Waals surface area contributed by atoms with Crippen LogP contribution in [0.1, 0.15) is 53.2 Å². The Balaban J connectivity index is 2.21. The summed E-state index contributed by atoms with van der Waals surface area (Å²) in [5, 5.41) is 9.63. The van der Waals surface area contributed by atoms with Gasteiger partial charge in [-0.3, -0.25) is 9.59 Å². The Bertz CT molecular complexity index is 594. The van der Waals surface area contributed by atoms with Crippen LogP contribution >= 0.6 is 11.3 Å². The normalized spacial score (nSPS) is 21.0. The number of piperidine rings is 1. The number of aryl methyl sites for hydroxylation is 2. The van der Waals surface area contributed by atoms with Crippen molar-refractivity contribution in [3.05, 3.63) is 21.4 Å². The highest BCUT2D eigenvalue weighted by atomic mass is 32.1. The summed E-state index contributed by atoms with van der Waals surface area (Å²) in [7, 11) is 1.51. The molecule has 2 heterocycles. The molecule has 1 aromatic rings. The molecule has 0 spiro atoms. The molecule has 1 fully saturated rings. The summed E-state index contributed by atoms with van der Waals surface area (Å²) in [6.45, 7) is 5.21. The van der Waals surface area contributed by atoms with Crippen molar-refractivity contribution in [2.24, 2.45) is 5.41 Å². The molecule has 6 heteroatoms. The van der Waals surface area contributed by atoms with Crippen molar-refractivity contribution >= 4 is 23.2 Å². The first-order chi connectivity index (χ1) is 11.5. The molecule has 134 valence electrons. The van der Waals surface area contributed by atoms with Gasteiger partial charge in [0.2, 0.25) is 0 Å². The first-order valence-corrected chi connectivity index (χ1v) is 9.42. The number of nitrogens with zero attached hydrogens (tertiary/aromatic N) is 1. The van der Waals surface area contributed by atoms with Crippen molar-refractivity contribution in [2.45, 2.75) is 46.0 Å². The third-order valence-corrected chi connectivity index (χ3v) is 5.93. The van der Waals surface area contributed by atoms with Crippen LogP contribution in [0.2, 0.25) is 0 Å². The molecule has 0 radical (unpaired) electrons. The lowest BCUT2D eigenvalue weighted by Crippen LogP contribution is -2.52. The quantitative estimate of drug-likeness (QED) is 0.817. The van der Waals surface area contributed by atoms with Crippen molar-refractivity contribution in [1.82, 2.24) is 4.90 Å². The number of carboxylic acids is 1. The van der Waals surface area contributed by atoms with Crippen LogP contribution in [0.5, 0.6) is 0 Å². The van der Waals surface area contributed by atoms with E-state index in [1.54, 1.807) is 16.2 Å². The standard InChI is InChI=1S/C18H27NO4S/c1-4-7-14-13(5-2)10-15(24-14)16(20)19-9-6-8-18(11-19,12-23-3)17(21)22/h10H,4-9,11-12H2,1-3H3,(H,21,22). The van der Waals surface area contributed by atoms with Gasteiger partial charge in [0, 0.05) is 25.1 Å². The van der Waals surface area contributed by atoms with E-state index in [1.807, 2.05) is 6.07 Å². The third kappa shape index (κ3) is 3.81. The zero-order chi connectivity index (χ0) is 17.7. The second-order valence-corrected chi connectivity index (χ2v) is 7.65. The average molecular weight is 353 g/mol. The molecular formula is C18H27NO4S. The van der Waals surface area contributed by atoms with Crippen LogP contribution in [0.4, 0.5) is 0 Å². The van der Waals surface area contributed by atoms with Crippen LogP contribution < -0.4 is 0 Å². The summed E-state index contributed by atoms with van der Waals surface area (Å²) in [5.74, 6) is -0.924. The lowest BCUT2D eigenvalue weighted by molar-refractivity contribution is -0.155. The second kappa shape index (κ2) is 8.12. The van der Waals surface area contributed by atoms with Gasteiger partial charge >= 0.3 is 5.97 Å². The lowest BCUT2D eigenvalue weighted by Gasteiger charge is -2.39. The Labute approximate surface area is 147 Å². The number of thiophene rings is 1. The Morgan fingerprint density at radius 1 is 1.42 bits per heavy atom. The number of amides is 1. The van der Waals surface area contributed by atoms with E-state index < -0.39 is 11.4 Å². The first-order valence-electron chi connectivity index (χ1n) is 8.60. The zero-order valence-electron chi connectivity index (χ0n) is 14.8. The van der Waals surface area contributed by atoms with Crippen molar-refractivity contribution in [1.29, 1.82) is 0 Å². The van der Waals surface area contributed by atoms with Gasteiger partial charge in [-0.05, 0) is 37.3 Å². The maximum atomic E-state index is 12.9. The largest absolute Gasteiger partial charge is 0.481 e. The molecule has 1 atom stereocenters. The highest BCUT2D eigenvalue weighted by Gasteiger charge is 2.44. The van der Waals surface area contributed by atoms with E-state index in [0.29, 0.717) is 19.4 Å². The highest BCUT2D eigenvalue weighted by Crippen LogP contribution is 2.33. The fourth-order valence-electron chi connectivity index (χ4n) is 3.40. The molecule has 1 aliphatic rings. The molecule has 1 unspecified atom stereocenters. The second-order valence-electron chi connectivity index (χ2n) is 6.51. The Kier molecular flexibility index (Phi) is 6.40. The molecule has 24 heavy (non-hydrogen) atoms. The monoisotopic (exact) mass is 353 g/mol. The van der Waals surface area contributed by atoms with Crippen LogP contribution in [0.15, 0.2) is 6.07 Å². The number of likely N-dealkylation sites (tertiary alicyclic amines) is 1. The fraction of sp³-hybridized carbons (Fsp3) is 0.667. The van der Waals surface area contributed by atoms with Crippen LogP contribution in [-0.2, 0) is 22.4 Å². The highest BCUT2D eigenvalue weighted by molar-refractivity contribution is 7.14. The molecule has 1 N–H and O–H groups in total. The van der Waals surface area contributed by atoms with E-state index in [4.69, 9.17) is 4.74 Å². The van der Waals surface area contributed by atoms with Gasteiger partial charge in [-0.15, -0.1) is 11.3 Å². The average Bonchev–Trinajstić information content (AvgIpc) is 2.98. The number of carbonyl (C=O) groups excluding carboxylic acids is 1. The molecular weight excluding hydrogens is 326 g/mol. The number of hydrogen-bond donors (Lipinski definition) is 1. The van der Waals surface area contributed by atoms with Crippen molar-refractivity contribution in [2.75, 3.05) is 26.8 Å². The van der Waals surface area contributed by atoms with Crippen molar-refractivity contribution in [3.8, 4) is 0 Å². The van der Waals surface area contributed by atoms with E-state index in [1.165, 1.54) is 17.6 Å². The summed E-state index contributed by atoms with van der Waals surface area (Å²) in [6, 6.07) is 1.99. The lowest BCUT2D eigenvalue weighted by atomic mass is 9.80. The number of hydrogen-bond acceptors (Lipinski definition) is 4. The zero-order valence-corrected chi connectivity index (χ0v) is 15.6. The topological polar surface area (TPSA) is 66.8 Å². The molecule has 0 bridgehead atoms. The minimum absolute atomic E-state index is 0.0431. The summed E-state index contributed by atoms with van der Waals surface area (Å²) >= 11 is 1.56.